The lowest BCUT2D eigenvalue weighted by Crippen LogP contribution is -2.28. The van der Waals surface area contributed by atoms with Gasteiger partial charge in [0.05, 0.1) is 12.1 Å². The van der Waals surface area contributed by atoms with E-state index in [1.54, 1.807) is 0 Å². The number of fused-ring (bicyclic) bond motifs is 1. The Labute approximate surface area is 104 Å². The van der Waals surface area contributed by atoms with Crippen LogP contribution in [0.2, 0.25) is 0 Å². The van der Waals surface area contributed by atoms with Gasteiger partial charge in [0, 0.05) is 6.04 Å². The molecule has 0 aliphatic rings. The molecule has 0 bridgehead atoms. The summed E-state index contributed by atoms with van der Waals surface area (Å²) in [6.45, 7) is 4.92. The number of hydrogen-bond donors (Lipinski definition) is 2. The van der Waals surface area contributed by atoms with Crippen molar-refractivity contribution in [1.29, 1.82) is 0 Å². The summed E-state index contributed by atoms with van der Waals surface area (Å²) in [5, 5.41) is 5.28. The maximum atomic E-state index is 11.7. The molecule has 0 radical (unpaired) electrons. The SMILES string of the molecule is CCC(CC)NCc1nc2ccsc2c(=O)[nH]1. The Morgan fingerprint density at radius 2 is 2.24 bits per heavy atom. The number of H-pyrrole nitrogens is 1. The Balaban J connectivity index is 2.16. The van der Waals surface area contributed by atoms with Crippen LogP contribution in [0, 0.1) is 0 Å². The van der Waals surface area contributed by atoms with Crippen LogP contribution in [-0.4, -0.2) is 16.0 Å². The molecule has 2 N–H and O–H groups in total. The third-order valence-corrected chi connectivity index (χ3v) is 3.81. The second-order valence-corrected chi connectivity index (χ2v) is 4.96. The van der Waals surface area contributed by atoms with E-state index in [-0.39, 0.29) is 5.56 Å². The van der Waals surface area contributed by atoms with E-state index in [0.717, 1.165) is 18.4 Å². The summed E-state index contributed by atoms with van der Waals surface area (Å²) >= 11 is 1.43. The Kier molecular flexibility index (Phi) is 3.91. The highest BCUT2D eigenvalue weighted by molar-refractivity contribution is 7.17. The lowest BCUT2D eigenvalue weighted by molar-refractivity contribution is 0.476. The second kappa shape index (κ2) is 5.42. The summed E-state index contributed by atoms with van der Waals surface area (Å²) < 4.78 is 0.705. The predicted molar refractivity (Wildman–Crippen MR) is 71.5 cm³/mol. The molecule has 2 aromatic rings. The standard InChI is InChI=1S/C12H17N3OS/c1-3-8(4-2)13-7-10-14-9-5-6-17-11(9)12(16)15-10/h5-6,8,13H,3-4,7H2,1-2H3,(H,14,15,16). The van der Waals surface area contributed by atoms with Gasteiger partial charge in [0.25, 0.3) is 5.56 Å². The Hall–Kier alpha value is -1.20. The summed E-state index contributed by atoms with van der Waals surface area (Å²) in [6.07, 6.45) is 2.17. The zero-order chi connectivity index (χ0) is 12.3. The maximum absolute atomic E-state index is 11.7. The highest BCUT2D eigenvalue weighted by Gasteiger charge is 2.06. The van der Waals surface area contributed by atoms with Crippen LogP contribution in [0.3, 0.4) is 0 Å². The first-order chi connectivity index (χ1) is 8.24. The average Bonchev–Trinajstić information content (AvgIpc) is 2.79. The second-order valence-electron chi connectivity index (χ2n) is 4.04. The highest BCUT2D eigenvalue weighted by atomic mass is 32.1. The lowest BCUT2D eigenvalue weighted by atomic mass is 10.2. The molecule has 4 nitrogen and oxygen atoms in total. The molecule has 0 atom stereocenters. The molecular weight excluding hydrogens is 234 g/mol. The minimum absolute atomic E-state index is 0.0358. The number of thiophene rings is 1. The fraction of sp³-hybridized carbons (Fsp3) is 0.500. The van der Waals surface area contributed by atoms with E-state index >= 15 is 0 Å². The first-order valence-electron chi connectivity index (χ1n) is 5.94. The molecule has 0 unspecified atom stereocenters. The predicted octanol–water partition coefficient (Wildman–Crippen LogP) is 2.26. The van der Waals surface area contributed by atoms with Gasteiger partial charge < -0.3 is 10.3 Å². The highest BCUT2D eigenvalue weighted by Crippen LogP contribution is 2.13. The molecular formula is C12H17N3OS. The van der Waals surface area contributed by atoms with Crippen LogP contribution in [0.1, 0.15) is 32.5 Å². The van der Waals surface area contributed by atoms with Gasteiger partial charge in [-0.25, -0.2) is 4.98 Å². The molecule has 0 amide bonds. The van der Waals surface area contributed by atoms with Crippen molar-refractivity contribution in [3.8, 4) is 0 Å². The first kappa shape index (κ1) is 12.3. The van der Waals surface area contributed by atoms with Crippen molar-refractivity contribution in [1.82, 2.24) is 15.3 Å². The van der Waals surface area contributed by atoms with Gasteiger partial charge in [-0.2, -0.15) is 0 Å². The van der Waals surface area contributed by atoms with Crippen LogP contribution < -0.4 is 10.9 Å². The Morgan fingerprint density at radius 1 is 1.47 bits per heavy atom. The van der Waals surface area contributed by atoms with Crippen molar-refractivity contribution in [2.45, 2.75) is 39.3 Å². The zero-order valence-electron chi connectivity index (χ0n) is 10.1. The van der Waals surface area contributed by atoms with Gasteiger partial charge in [-0.05, 0) is 24.3 Å². The Bertz CT molecular complexity index is 542. The van der Waals surface area contributed by atoms with Gasteiger partial charge in [-0.15, -0.1) is 11.3 Å². The summed E-state index contributed by atoms with van der Waals surface area (Å²) in [4.78, 5) is 19.0. The number of aromatic amines is 1. The van der Waals surface area contributed by atoms with Crippen LogP contribution in [0.4, 0.5) is 0 Å². The van der Waals surface area contributed by atoms with Gasteiger partial charge in [0.2, 0.25) is 0 Å². The summed E-state index contributed by atoms with van der Waals surface area (Å²) in [7, 11) is 0. The molecule has 2 aromatic heterocycles. The molecule has 0 aliphatic heterocycles. The van der Waals surface area contributed by atoms with Gasteiger partial charge in [0.1, 0.15) is 10.5 Å². The minimum Gasteiger partial charge on any atom is -0.308 e. The van der Waals surface area contributed by atoms with Crippen molar-refractivity contribution in [3.63, 3.8) is 0 Å². The molecule has 2 rings (SSSR count). The third kappa shape index (κ3) is 2.73. The summed E-state index contributed by atoms with van der Waals surface area (Å²) in [6, 6.07) is 2.37. The van der Waals surface area contributed by atoms with E-state index in [4.69, 9.17) is 0 Å². The van der Waals surface area contributed by atoms with Crippen molar-refractivity contribution >= 4 is 21.6 Å². The average molecular weight is 251 g/mol. The number of nitrogens with zero attached hydrogens (tertiary/aromatic N) is 1. The normalized spacial score (nSPS) is 11.5. The van der Waals surface area contributed by atoms with Crippen molar-refractivity contribution in [2.24, 2.45) is 0 Å². The third-order valence-electron chi connectivity index (χ3n) is 2.91. The van der Waals surface area contributed by atoms with E-state index in [2.05, 4.69) is 29.1 Å². The summed E-state index contributed by atoms with van der Waals surface area (Å²) in [5.74, 6) is 0.716. The molecule has 92 valence electrons. The Morgan fingerprint density at radius 3 is 2.94 bits per heavy atom. The quantitative estimate of drug-likeness (QED) is 0.857. The van der Waals surface area contributed by atoms with Crippen LogP contribution in [0.25, 0.3) is 10.2 Å². The molecule has 0 saturated carbocycles. The van der Waals surface area contributed by atoms with Gasteiger partial charge in [0.15, 0.2) is 0 Å². The smallest absolute Gasteiger partial charge is 0.268 e. The molecule has 2 heterocycles. The van der Waals surface area contributed by atoms with E-state index in [1.165, 1.54) is 11.3 Å². The van der Waals surface area contributed by atoms with Crippen molar-refractivity contribution < 1.29 is 0 Å². The van der Waals surface area contributed by atoms with E-state index in [9.17, 15) is 4.79 Å². The largest absolute Gasteiger partial charge is 0.308 e. The number of aromatic nitrogens is 2. The number of rotatable bonds is 5. The fourth-order valence-electron chi connectivity index (χ4n) is 1.82. The van der Waals surface area contributed by atoms with Crippen molar-refractivity contribution in [3.05, 3.63) is 27.6 Å². The summed E-state index contributed by atoms with van der Waals surface area (Å²) in [5.41, 5.74) is 0.756. The topological polar surface area (TPSA) is 57.8 Å². The van der Waals surface area contributed by atoms with Crippen LogP contribution in [0.15, 0.2) is 16.2 Å². The zero-order valence-corrected chi connectivity index (χ0v) is 10.9. The molecule has 5 heteroatoms. The van der Waals surface area contributed by atoms with Crippen LogP contribution in [0.5, 0.6) is 0 Å². The maximum Gasteiger partial charge on any atom is 0.268 e. The van der Waals surface area contributed by atoms with E-state index in [1.807, 2.05) is 11.4 Å². The molecule has 0 fully saturated rings. The molecule has 0 aliphatic carbocycles. The molecule has 0 aromatic carbocycles. The number of nitrogens with one attached hydrogen (secondary N) is 2. The van der Waals surface area contributed by atoms with Gasteiger partial charge in [-0.3, -0.25) is 4.79 Å². The first-order valence-corrected chi connectivity index (χ1v) is 6.82. The molecule has 17 heavy (non-hydrogen) atoms. The van der Waals surface area contributed by atoms with Gasteiger partial charge >= 0.3 is 0 Å². The monoisotopic (exact) mass is 251 g/mol. The molecule has 0 saturated heterocycles. The van der Waals surface area contributed by atoms with Crippen LogP contribution >= 0.6 is 11.3 Å². The van der Waals surface area contributed by atoms with E-state index < -0.39 is 0 Å². The fourth-order valence-corrected chi connectivity index (χ4v) is 2.55. The van der Waals surface area contributed by atoms with Crippen LogP contribution in [-0.2, 0) is 6.54 Å². The minimum atomic E-state index is -0.0358. The lowest BCUT2D eigenvalue weighted by Gasteiger charge is -2.13. The van der Waals surface area contributed by atoms with E-state index in [0.29, 0.717) is 23.1 Å². The number of hydrogen-bond acceptors (Lipinski definition) is 4. The molecule has 0 spiro atoms. The van der Waals surface area contributed by atoms with Gasteiger partial charge in [-0.1, -0.05) is 13.8 Å². The van der Waals surface area contributed by atoms with Crippen molar-refractivity contribution in [2.75, 3.05) is 0 Å².